The maximum absolute atomic E-state index is 14.0. The summed E-state index contributed by atoms with van der Waals surface area (Å²) in [4.78, 5) is 13.1. The van der Waals surface area contributed by atoms with Crippen LogP contribution in [0.2, 0.25) is 0 Å². The van der Waals surface area contributed by atoms with Gasteiger partial charge in [0.25, 0.3) is 10.0 Å². The van der Waals surface area contributed by atoms with E-state index >= 15 is 0 Å². The molecular formula is C27H32N2O7S. The Morgan fingerprint density at radius 1 is 0.838 bits per heavy atom. The van der Waals surface area contributed by atoms with Gasteiger partial charge < -0.3 is 24.3 Å². The molecule has 0 spiro atoms. The summed E-state index contributed by atoms with van der Waals surface area (Å²) in [6, 6.07) is 16.4. The quantitative estimate of drug-likeness (QED) is 0.400. The van der Waals surface area contributed by atoms with Crippen LogP contribution in [0.3, 0.4) is 0 Å². The number of nitrogens with zero attached hydrogens (tertiary/aromatic N) is 1. The van der Waals surface area contributed by atoms with Gasteiger partial charge in [-0.25, -0.2) is 8.42 Å². The van der Waals surface area contributed by atoms with Crippen molar-refractivity contribution in [2.75, 3.05) is 39.3 Å². The minimum atomic E-state index is -4.27. The summed E-state index contributed by atoms with van der Waals surface area (Å²) in [5, 5.41) is 2.88. The van der Waals surface area contributed by atoms with Crippen LogP contribution in [0.15, 0.2) is 65.6 Å². The first-order valence-corrected chi connectivity index (χ1v) is 12.9. The van der Waals surface area contributed by atoms with Crippen LogP contribution in [0.1, 0.15) is 24.1 Å². The molecule has 0 saturated carbocycles. The molecule has 0 radical (unpaired) electrons. The van der Waals surface area contributed by atoms with Crippen molar-refractivity contribution >= 4 is 21.6 Å². The summed E-state index contributed by atoms with van der Waals surface area (Å²) in [5.74, 6) is 0.762. The van der Waals surface area contributed by atoms with Crippen LogP contribution in [0.5, 0.6) is 23.0 Å². The molecule has 0 unspecified atom stereocenters. The molecule has 1 N–H and O–H groups in total. The molecule has 9 nitrogen and oxygen atoms in total. The van der Waals surface area contributed by atoms with E-state index in [9.17, 15) is 13.2 Å². The van der Waals surface area contributed by atoms with E-state index in [1.54, 1.807) is 12.1 Å². The molecule has 3 aromatic carbocycles. The van der Waals surface area contributed by atoms with Crippen LogP contribution in [0.4, 0.5) is 5.69 Å². The third-order valence-electron chi connectivity index (χ3n) is 5.84. The number of anilines is 1. The van der Waals surface area contributed by atoms with Gasteiger partial charge in [-0.2, -0.15) is 0 Å². The van der Waals surface area contributed by atoms with E-state index in [0.29, 0.717) is 11.5 Å². The van der Waals surface area contributed by atoms with Gasteiger partial charge in [0.1, 0.15) is 18.0 Å². The van der Waals surface area contributed by atoms with E-state index in [1.165, 1.54) is 52.7 Å². The molecule has 0 aromatic heterocycles. The third-order valence-corrected chi connectivity index (χ3v) is 7.60. The summed E-state index contributed by atoms with van der Waals surface area (Å²) in [6.07, 6.45) is 0. The summed E-state index contributed by atoms with van der Waals surface area (Å²) in [7, 11) is 1.49. The predicted octanol–water partition coefficient (Wildman–Crippen LogP) is 4.10. The van der Waals surface area contributed by atoms with Crippen LogP contribution in [-0.4, -0.2) is 49.3 Å². The lowest BCUT2D eigenvalue weighted by Gasteiger charge is -2.27. The average Bonchev–Trinajstić information content (AvgIpc) is 2.91. The number of aryl methyl sites for hydroxylation is 1. The molecule has 10 heteroatoms. The summed E-state index contributed by atoms with van der Waals surface area (Å²) in [6.45, 7) is 3.31. The standard InChI is InChI=1S/C27H32N2O7S/c1-18-7-9-20(10-8-18)19(2)28-27(30)17-29(23-15-21(33-3)11-13-24(23)34-4)37(31,32)22-12-14-25(35-5)26(16-22)36-6/h7-16,19H,17H2,1-6H3,(H,28,30)/t19-/m1/s1. The maximum Gasteiger partial charge on any atom is 0.265 e. The number of sulfonamides is 1. The summed E-state index contributed by atoms with van der Waals surface area (Å²) >= 11 is 0. The zero-order valence-corrected chi connectivity index (χ0v) is 22.6. The number of carbonyl (C=O) groups excluding carboxylic acids is 1. The van der Waals surface area contributed by atoms with Crippen LogP contribution < -0.4 is 28.6 Å². The van der Waals surface area contributed by atoms with Crippen molar-refractivity contribution < 1.29 is 32.2 Å². The second-order valence-electron chi connectivity index (χ2n) is 8.27. The fraction of sp³-hybridized carbons (Fsp3) is 0.296. The normalized spacial score (nSPS) is 11.8. The van der Waals surface area contributed by atoms with Gasteiger partial charge in [-0.1, -0.05) is 29.8 Å². The summed E-state index contributed by atoms with van der Waals surface area (Å²) < 4.78 is 50.2. The van der Waals surface area contributed by atoms with Crippen molar-refractivity contribution in [3.63, 3.8) is 0 Å². The van der Waals surface area contributed by atoms with Crippen molar-refractivity contribution in [1.29, 1.82) is 0 Å². The molecule has 0 saturated heterocycles. The van der Waals surface area contributed by atoms with Crippen LogP contribution >= 0.6 is 0 Å². The minimum absolute atomic E-state index is 0.0885. The average molecular weight is 529 g/mol. The van der Waals surface area contributed by atoms with Gasteiger partial charge in [-0.15, -0.1) is 0 Å². The van der Waals surface area contributed by atoms with Gasteiger partial charge in [-0.3, -0.25) is 9.10 Å². The number of amides is 1. The number of benzene rings is 3. The maximum atomic E-state index is 14.0. The smallest absolute Gasteiger partial charge is 0.265 e. The summed E-state index contributed by atoms with van der Waals surface area (Å²) in [5.41, 5.74) is 2.14. The number of ether oxygens (including phenoxy) is 4. The second kappa shape index (κ2) is 11.9. The van der Waals surface area contributed by atoms with E-state index in [4.69, 9.17) is 18.9 Å². The van der Waals surface area contributed by atoms with Gasteiger partial charge in [0.2, 0.25) is 5.91 Å². The first-order chi connectivity index (χ1) is 17.6. The molecule has 1 amide bonds. The Balaban J connectivity index is 2.04. The lowest BCUT2D eigenvalue weighted by molar-refractivity contribution is -0.120. The monoisotopic (exact) mass is 528 g/mol. The van der Waals surface area contributed by atoms with Crippen LogP contribution in [-0.2, 0) is 14.8 Å². The number of hydrogen-bond acceptors (Lipinski definition) is 7. The molecule has 0 heterocycles. The lowest BCUT2D eigenvalue weighted by atomic mass is 10.1. The highest BCUT2D eigenvalue weighted by Gasteiger charge is 2.31. The molecule has 0 aliphatic carbocycles. The number of rotatable bonds is 11. The van der Waals surface area contributed by atoms with Crippen molar-refractivity contribution in [3.8, 4) is 23.0 Å². The van der Waals surface area contributed by atoms with E-state index < -0.39 is 22.5 Å². The van der Waals surface area contributed by atoms with Crippen molar-refractivity contribution in [1.82, 2.24) is 5.32 Å². The van der Waals surface area contributed by atoms with E-state index in [0.717, 1.165) is 15.4 Å². The Bertz CT molecular complexity index is 1340. The van der Waals surface area contributed by atoms with Crippen molar-refractivity contribution in [2.45, 2.75) is 24.8 Å². The van der Waals surface area contributed by atoms with Gasteiger partial charge in [0.15, 0.2) is 11.5 Å². The van der Waals surface area contributed by atoms with Crippen molar-refractivity contribution in [3.05, 3.63) is 71.8 Å². The number of carbonyl (C=O) groups is 1. The molecule has 0 bridgehead atoms. The number of nitrogens with one attached hydrogen (secondary N) is 1. The SMILES string of the molecule is COc1ccc(OC)c(N(CC(=O)N[C@H](C)c2ccc(C)cc2)S(=O)(=O)c2ccc(OC)c(OC)c2)c1. The molecule has 198 valence electrons. The second-order valence-corrected chi connectivity index (χ2v) is 10.1. The van der Waals surface area contributed by atoms with E-state index in [1.807, 2.05) is 38.1 Å². The molecule has 3 rings (SSSR count). The van der Waals surface area contributed by atoms with E-state index in [-0.39, 0.29) is 28.1 Å². The fourth-order valence-electron chi connectivity index (χ4n) is 3.75. The van der Waals surface area contributed by atoms with Gasteiger partial charge in [0, 0.05) is 12.1 Å². The van der Waals surface area contributed by atoms with E-state index in [2.05, 4.69) is 5.32 Å². The molecule has 37 heavy (non-hydrogen) atoms. The largest absolute Gasteiger partial charge is 0.497 e. The Hall–Kier alpha value is -3.92. The number of methoxy groups -OCH3 is 4. The Labute approximate surface area is 218 Å². The Morgan fingerprint density at radius 3 is 2.05 bits per heavy atom. The van der Waals surface area contributed by atoms with Crippen LogP contribution in [0.25, 0.3) is 0 Å². The molecule has 3 aromatic rings. The molecule has 0 aliphatic heterocycles. The third kappa shape index (κ3) is 6.26. The van der Waals surface area contributed by atoms with Crippen molar-refractivity contribution in [2.24, 2.45) is 0 Å². The molecule has 0 fully saturated rings. The minimum Gasteiger partial charge on any atom is -0.497 e. The first kappa shape index (κ1) is 27.7. The highest BCUT2D eigenvalue weighted by molar-refractivity contribution is 7.92. The zero-order valence-electron chi connectivity index (χ0n) is 21.8. The lowest BCUT2D eigenvalue weighted by Crippen LogP contribution is -2.41. The molecule has 0 aliphatic rings. The Kier molecular flexibility index (Phi) is 8.88. The predicted molar refractivity (Wildman–Crippen MR) is 141 cm³/mol. The molecular weight excluding hydrogens is 496 g/mol. The topological polar surface area (TPSA) is 103 Å². The zero-order chi connectivity index (χ0) is 27.2. The van der Waals surface area contributed by atoms with Gasteiger partial charge in [-0.05, 0) is 43.7 Å². The Morgan fingerprint density at radius 2 is 1.46 bits per heavy atom. The van der Waals surface area contributed by atoms with Gasteiger partial charge in [0.05, 0.1) is 45.1 Å². The highest BCUT2D eigenvalue weighted by Crippen LogP contribution is 2.37. The molecule has 1 atom stereocenters. The van der Waals surface area contributed by atoms with Gasteiger partial charge >= 0.3 is 0 Å². The highest BCUT2D eigenvalue weighted by atomic mass is 32.2. The number of hydrogen-bond donors (Lipinski definition) is 1. The first-order valence-electron chi connectivity index (χ1n) is 11.5. The fourth-order valence-corrected chi connectivity index (χ4v) is 5.19. The van der Waals surface area contributed by atoms with Crippen LogP contribution in [0, 0.1) is 6.92 Å².